The number of carboxylic acids is 1. The maximum absolute atomic E-state index is 12.3. The van der Waals surface area contributed by atoms with Crippen LogP contribution in [0, 0.1) is 0 Å². The number of carboxylic acid groups (broad SMARTS) is 1. The summed E-state index contributed by atoms with van der Waals surface area (Å²) < 4.78 is 0. The Hall–Kier alpha value is -1.60. The minimum atomic E-state index is -1.03. The minimum absolute atomic E-state index is 0.206. The van der Waals surface area contributed by atoms with Crippen molar-refractivity contribution >= 4 is 47.5 Å². The van der Waals surface area contributed by atoms with Gasteiger partial charge in [-0.2, -0.15) is 12.6 Å². The highest BCUT2D eigenvalue weighted by Gasteiger charge is 2.43. The summed E-state index contributed by atoms with van der Waals surface area (Å²) in [7, 11) is 0. The van der Waals surface area contributed by atoms with Gasteiger partial charge in [0.15, 0.2) is 5.11 Å². The second-order valence-electron chi connectivity index (χ2n) is 4.01. The van der Waals surface area contributed by atoms with Crippen LogP contribution < -0.4 is 4.90 Å². The molecule has 1 aliphatic rings. The molecule has 1 aromatic carbocycles. The summed E-state index contributed by atoms with van der Waals surface area (Å²) in [4.78, 5) is 25.9. The highest BCUT2D eigenvalue weighted by Crippen LogP contribution is 2.25. The molecule has 19 heavy (non-hydrogen) atoms. The van der Waals surface area contributed by atoms with Gasteiger partial charge >= 0.3 is 5.97 Å². The van der Waals surface area contributed by atoms with E-state index in [1.54, 1.807) is 24.3 Å². The van der Waals surface area contributed by atoms with Gasteiger partial charge in [-0.05, 0) is 24.4 Å². The molecule has 1 amide bonds. The third-order valence-corrected chi connectivity index (χ3v) is 3.57. The number of nitrogens with zero attached hydrogens (tertiary/aromatic N) is 2. The number of anilines is 1. The number of carbonyl (C=O) groups is 2. The number of thiol groups is 1. The first kappa shape index (κ1) is 13.8. The first-order valence-electron chi connectivity index (χ1n) is 5.58. The Bertz CT molecular complexity index is 521. The second-order valence-corrected chi connectivity index (χ2v) is 4.74. The summed E-state index contributed by atoms with van der Waals surface area (Å²) in [5.41, 5.74) is 0.636. The third kappa shape index (κ3) is 2.57. The lowest BCUT2D eigenvalue weighted by atomic mass is 10.2. The van der Waals surface area contributed by atoms with Crippen LogP contribution in [0.5, 0.6) is 0 Å². The van der Waals surface area contributed by atoms with E-state index in [-0.39, 0.29) is 23.3 Å². The van der Waals surface area contributed by atoms with Gasteiger partial charge in [-0.15, -0.1) is 0 Å². The molecule has 5 nitrogen and oxygen atoms in total. The third-order valence-electron chi connectivity index (χ3n) is 2.81. The average molecular weight is 296 g/mol. The first-order chi connectivity index (χ1) is 9.06. The predicted molar refractivity (Wildman–Crippen MR) is 78.5 cm³/mol. The van der Waals surface area contributed by atoms with Gasteiger partial charge in [0.25, 0.3) is 5.91 Å². The van der Waals surface area contributed by atoms with Crippen LogP contribution in [0.3, 0.4) is 0 Å². The molecule has 1 atom stereocenters. The zero-order valence-corrected chi connectivity index (χ0v) is 11.6. The number of carbonyl (C=O) groups excluding carboxylic acids is 1. The molecule has 1 saturated heterocycles. The van der Waals surface area contributed by atoms with Crippen LogP contribution in [0.2, 0.25) is 0 Å². The van der Waals surface area contributed by atoms with Gasteiger partial charge in [0.1, 0.15) is 12.6 Å². The van der Waals surface area contributed by atoms with Crippen LogP contribution in [0.1, 0.15) is 0 Å². The summed E-state index contributed by atoms with van der Waals surface area (Å²) in [5, 5.41) is 9.10. The molecular weight excluding hydrogens is 284 g/mol. The van der Waals surface area contributed by atoms with Crippen molar-refractivity contribution in [2.45, 2.75) is 6.04 Å². The van der Waals surface area contributed by atoms with E-state index in [2.05, 4.69) is 12.6 Å². The van der Waals surface area contributed by atoms with E-state index in [1.807, 2.05) is 6.07 Å². The minimum Gasteiger partial charge on any atom is -0.480 e. The summed E-state index contributed by atoms with van der Waals surface area (Å²) in [6.45, 7) is -0.306. The first-order valence-corrected chi connectivity index (χ1v) is 6.62. The number of amides is 1. The van der Waals surface area contributed by atoms with E-state index in [1.165, 1.54) is 9.80 Å². The zero-order valence-electron chi connectivity index (χ0n) is 9.89. The molecule has 100 valence electrons. The zero-order chi connectivity index (χ0) is 14.0. The van der Waals surface area contributed by atoms with E-state index in [9.17, 15) is 9.59 Å². The maximum atomic E-state index is 12.3. The van der Waals surface area contributed by atoms with Gasteiger partial charge in [-0.1, -0.05) is 18.2 Å². The monoisotopic (exact) mass is 296 g/mol. The Balaban J connectivity index is 2.34. The van der Waals surface area contributed by atoms with Gasteiger partial charge in [-0.25, -0.2) is 0 Å². The van der Waals surface area contributed by atoms with Gasteiger partial charge < -0.3 is 10.0 Å². The van der Waals surface area contributed by atoms with E-state index in [0.29, 0.717) is 5.69 Å². The molecule has 0 aromatic heterocycles. The number of para-hydroxylation sites is 1. The van der Waals surface area contributed by atoms with Crippen molar-refractivity contribution in [3.8, 4) is 0 Å². The van der Waals surface area contributed by atoms with Crippen molar-refractivity contribution in [2.24, 2.45) is 0 Å². The molecule has 0 aliphatic carbocycles. The van der Waals surface area contributed by atoms with Crippen LogP contribution in [0.15, 0.2) is 30.3 Å². The van der Waals surface area contributed by atoms with Crippen molar-refractivity contribution < 1.29 is 14.7 Å². The standard InChI is InChI=1S/C12H12N2O3S2/c15-10(16)6-13-9(7-18)11(17)14(12(13)19)8-4-2-1-3-5-8/h1-5,9,18H,6-7H2,(H,15,16). The van der Waals surface area contributed by atoms with E-state index in [0.717, 1.165) is 0 Å². The van der Waals surface area contributed by atoms with Gasteiger partial charge in [0.05, 0.1) is 5.69 Å². The molecule has 1 aromatic rings. The molecule has 7 heteroatoms. The van der Waals surface area contributed by atoms with E-state index in [4.69, 9.17) is 17.3 Å². The van der Waals surface area contributed by atoms with Crippen molar-refractivity contribution in [3.63, 3.8) is 0 Å². The van der Waals surface area contributed by atoms with Gasteiger partial charge in [-0.3, -0.25) is 14.5 Å². The Morgan fingerprint density at radius 2 is 2.00 bits per heavy atom. The topological polar surface area (TPSA) is 60.9 Å². The lowest BCUT2D eigenvalue weighted by Gasteiger charge is -2.20. The molecule has 1 unspecified atom stereocenters. The molecule has 1 aliphatic heterocycles. The van der Waals surface area contributed by atoms with Crippen LogP contribution >= 0.6 is 24.8 Å². The molecule has 1 heterocycles. The molecule has 0 spiro atoms. The van der Waals surface area contributed by atoms with Crippen molar-refractivity contribution in [1.82, 2.24) is 4.90 Å². The molecule has 0 radical (unpaired) electrons. The fourth-order valence-electron chi connectivity index (χ4n) is 1.95. The van der Waals surface area contributed by atoms with Crippen LogP contribution in [-0.2, 0) is 9.59 Å². The van der Waals surface area contributed by atoms with Crippen LogP contribution in [0.4, 0.5) is 5.69 Å². The molecule has 2 rings (SSSR count). The normalized spacial score (nSPS) is 19.1. The fourth-order valence-corrected chi connectivity index (χ4v) is 2.69. The summed E-state index contributed by atoms with van der Waals surface area (Å²) in [5.74, 6) is -1.06. The lowest BCUT2D eigenvalue weighted by molar-refractivity contribution is -0.137. The number of aliphatic carboxylic acids is 1. The van der Waals surface area contributed by atoms with E-state index < -0.39 is 12.0 Å². The maximum Gasteiger partial charge on any atom is 0.323 e. The summed E-state index contributed by atoms with van der Waals surface area (Å²) >= 11 is 9.33. The number of rotatable bonds is 4. The quantitative estimate of drug-likeness (QED) is 0.641. The molecule has 1 N–H and O–H groups in total. The molecule has 0 saturated carbocycles. The molecule has 1 fully saturated rings. The smallest absolute Gasteiger partial charge is 0.323 e. The van der Waals surface area contributed by atoms with Crippen molar-refractivity contribution in [2.75, 3.05) is 17.2 Å². The summed E-state index contributed by atoms with van der Waals surface area (Å²) in [6, 6.07) is 8.29. The highest BCUT2D eigenvalue weighted by molar-refractivity contribution is 7.81. The molecular formula is C12H12N2O3S2. The lowest BCUT2D eigenvalue weighted by Crippen LogP contribution is -2.40. The van der Waals surface area contributed by atoms with E-state index >= 15 is 0 Å². The van der Waals surface area contributed by atoms with Crippen LogP contribution in [0.25, 0.3) is 0 Å². The highest BCUT2D eigenvalue weighted by atomic mass is 32.1. The number of hydrogen-bond acceptors (Lipinski definition) is 4. The fraction of sp³-hybridized carbons (Fsp3) is 0.250. The largest absolute Gasteiger partial charge is 0.480 e. The molecule has 0 bridgehead atoms. The summed E-state index contributed by atoms with van der Waals surface area (Å²) in [6.07, 6.45) is 0. The Morgan fingerprint density at radius 3 is 2.53 bits per heavy atom. The van der Waals surface area contributed by atoms with Crippen molar-refractivity contribution in [3.05, 3.63) is 30.3 Å². The van der Waals surface area contributed by atoms with Gasteiger partial charge in [0.2, 0.25) is 0 Å². The number of thiocarbonyl (C=S) groups is 1. The predicted octanol–water partition coefficient (Wildman–Crippen LogP) is 1.00. The average Bonchev–Trinajstić information content (AvgIpc) is 2.61. The Kier molecular flexibility index (Phi) is 4.06. The van der Waals surface area contributed by atoms with Crippen LogP contribution in [-0.4, -0.2) is 45.3 Å². The number of hydrogen-bond donors (Lipinski definition) is 2. The van der Waals surface area contributed by atoms with Gasteiger partial charge in [0, 0.05) is 5.75 Å². The SMILES string of the molecule is O=C(O)CN1C(=S)N(c2ccccc2)C(=O)C1CS. The Morgan fingerprint density at radius 1 is 1.37 bits per heavy atom. The number of benzene rings is 1. The second kappa shape index (κ2) is 5.58. The Labute approximate surface area is 121 Å². The van der Waals surface area contributed by atoms with Crippen molar-refractivity contribution in [1.29, 1.82) is 0 Å².